The molecule has 2 amide bonds. The van der Waals surface area contributed by atoms with Gasteiger partial charge in [0.2, 0.25) is 0 Å². The van der Waals surface area contributed by atoms with Gasteiger partial charge in [0.25, 0.3) is 10.0 Å². The van der Waals surface area contributed by atoms with Gasteiger partial charge in [-0.2, -0.15) is 0 Å². The normalized spacial score (nSPS) is 14.5. The molecule has 0 spiro atoms. The molecule has 0 saturated carbocycles. The molecule has 258 valence electrons. The molecular weight excluding hydrogens is 634 g/mol. The third-order valence-electron chi connectivity index (χ3n) is 8.30. The second-order valence-corrected chi connectivity index (χ2v) is 13.7. The molecule has 2 heterocycles. The molecule has 48 heavy (non-hydrogen) atoms. The summed E-state index contributed by atoms with van der Waals surface area (Å²) >= 11 is 0. The summed E-state index contributed by atoms with van der Waals surface area (Å²) in [4.78, 5) is 31.4. The van der Waals surface area contributed by atoms with E-state index >= 15 is 0 Å². The molecule has 0 bridgehead atoms. The number of aliphatic hydroxyl groups is 1. The van der Waals surface area contributed by atoms with E-state index in [9.17, 15) is 23.1 Å². The van der Waals surface area contributed by atoms with Gasteiger partial charge in [0.05, 0.1) is 10.4 Å². The average molecular weight is 680 g/mol. The number of sulfonamides is 1. The Bertz CT molecular complexity index is 1780. The van der Waals surface area contributed by atoms with Crippen LogP contribution in [0.2, 0.25) is 0 Å². The van der Waals surface area contributed by atoms with E-state index in [0.29, 0.717) is 41.2 Å². The van der Waals surface area contributed by atoms with Crippen molar-refractivity contribution in [2.24, 2.45) is 0 Å². The summed E-state index contributed by atoms with van der Waals surface area (Å²) in [6.07, 6.45) is 5.32. The number of fused-ring (bicyclic) bond motifs is 1. The minimum Gasteiger partial charge on any atom is -0.489 e. The molecule has 0 aliphatic carbocycles. The first kappa shape index (κ1) is 34.8. The third-order valence-corrected chi connectivity index (χ3v) is 9.70. The number of unbranched alkanes of at least 4 members (excludes halogenated alkanes) is 3. The Morgan fingerprint density at radius 2 is 1.71 bits per heavy atom. The van der Waals surface area contributed by atoms with Crippen LogP contribution in [0, 0.1) is 0 Å². The van der Waals surface area contributed by atoms with E-state index in [1.165, 1.54) is 12.1 Å². The van der Waals surface area contributed by atoms with E-state index in [0.717, 1.165) is 57.3 Å². The number of amides is 2. The van der Waals surface area contributed by atoms with Crippen molar-refractivity contribution in [1.29, 1.82) is 0 Å². The molecule has 3 aromatic carbocycles. The number of hydrogen-bond acceptors (Lipinski definition) is 8. The van der Waals surface area contributed by atoms with Gasteiger partial charge in [-0.05, 0) is 79.9 Å². The second kappa shape index (κ2) is 16.5. The maximum absolute atomic E-state index is 13.0. The van der Waals surface area contributed by atoms with E-state index < -0.39 is 16.1 Å². The van der Waals surface area contributed by atoms with Crippen LogP contribution in [0.3, 0.4) is 0 Å². The zero-order valence-electron chi connectivity index (χ0n) is 27.1. The van der Waals surface area contributed by atoms with Crippen molar-refractivity contribution in [2.45, 2.75) is 62.5 Å². The van der Waals surface area contributed by atoms with Gasteiger partial charge < -0.3 is 40.7 Å². The fourth-order valence-electron chi connectivity index (χ4n) is 5.64. The first-order valence-electron chi connectivity index (χ1n) is 16.5. The van der Waals surface area contributed by atoms with Gasteiger partial charge in [-0.25, -0.2) is 18.0 Å². The van der Waals surface area contributed by atoms with Crippen LogP contribution in [0.15, 0.2) is 76.4 Å². The van der Waals surface area contributed by atoms with Gasteiger partial charge in [0.1, 0.15) is 24.0 Å². The summed E-state index contributed by atoms with van der Waals surface area (Å²) in [5.74, 6) is 0.509. The van der Waals surface area contributed by atoms with Gasteiger partial charge in [-0.3, -0.25) is 4.72 Å². The lowest BCUT2D eigenvalue weighted by Crippen LogP contribution is -2.45. The number of rotatable bonds is 16. The van der Waals surface area contributed by atoms with Crippen LogP contribution in [0.4, 0.5) is 21.9 Å². The number of aliphatic hydroxyl groups excluding tert-OH is 1. The van der Waals surface area contributed by atoms with E-state index in [1.807, 2.05) is 12.1 Å². The fraction of sp³-hybridized carbons (Fsp3) is 0.412. The maximum atomic E-state index is 13.0. The lowest BCUT2D eigenvalue weighted by Gasteiger charge is -2.34. The number of anilines is 3. The quantitative estimate of drug-likeness (QED) is 0.0854. The zero-order valence-corrected chi connectivity index (χ0v) is 27.9. The van der Waals surface area contributed by atoms with Crippen molar-refractivity contribution in [3.63, 3.8) is 0 Å². The number of aromatic nitrogens is 2. The number of ether oxygens (including phenoxy) is 1. The molecule has 5 rings (SSSR count). The molecule has 1 aromatic heterocycles. The molecule has 14 heteroatoms. The molecule has 13 nitrogen and oxygen atoms in total. The summed E-state index contributed by atoms with van der Waals surface area (Å²) in [6.45, 7) is 4.83. The Balaban J connectivity index is 1.02. The molecule has 7 N–H and O–H groups in total. The van der Waals surface area contributed by atoms with Gasteiger partial charge in [-0.15, -0.1) is 0 Å². The van der Waals surface area contributed by atoms with E-state index in [-0.39, 0.29) is 29.3 Å². The summed E-state index contributed by atoms with van der Waals surface area (Å²) in [5.41, 5.74) is 2.89. The first-order valence-corrected chi connectivity index (χ1v) is 18.0. The predicted molar refractivity (Wildman–Crippen MR) is 189 cm³/mol. The maximum Gasteiger partial charge on any atom is 0.323 e. The first-order chi connectivity index (χ1) is 23.2. The van der Waals surface area contributed by atoms with Crippen molar-refractivity contribution in [3.05, 3.63) is 77.2 Å². The highest BCUT2D eigenvalue weighted by Gasteiger charge is 2.21. The lowest BCUT2D eigenvalue weighted by atomic mass is 10.0. The molecule has 1 atom stereocenters. The molecule has 0 radical (unpaired) electrons. The molecule has 1 aliphatic heterocycles. The number of imidazole rings is 1. The smallest absolute Gasteiger partial charge is 0.323 e. The Kier molecular flexibility index (Phi) is 12.0. The van der Waals surface area contributed by atoms with Crippen LogP contribution < -0.4 is 36.0 Å². The van der Waals surface area contributed by atoms with E-state index in [2.05, 4.69) is 42.5 Å². The SMILES string of the molecule is CCCCCCNC(=O)Nc1ccc(S(=O)(=O)Nc2ccc(N3CCC(NC[C@H](O)COc4cccc5[nH]c(=O)[nH]c45)CC3)cc2)cc1. The van der Waals surface area contributed by atoms with Crippen LogP contribution in [-0.4, -0.2) is 74.5 Å². The van der Waals surface area contributed by atoms with E-state index in [1.54, 1.807) is 42.5 Å². The highest BCUT2D eigenvalue weighted by atomic mass is 32.2. The van der Waals surface area contributed by atoms with Crippen molar-refractivity contribution in [2.75, 3.05) is 47.7 Å². The van der Waals surface area contributed by atoms with Crippen molar-refractivity contribution < 1.29 is 23.1 Å². The molecule has 1 aliphatic rings. The Morgan fingerprint density at radius 3 is 2.44 bits per heavy atom. The topological polar surface area (TPSA) is 181 Å². The lowest BCUT2D eigenvalue weighted by molar-refractivity contribution is 0.103. The van der Waals surface area contributed by atoms with Crippen molar-refractivity contribution in [1.82, 2.24) is 20.6 Å². The highest BCUT2D eigenvalue weighted by Crippen LogP contribution is 2.25. The number of urea groups is 1. The van der Waals surface area contributed by atoms with Crippen LogP contribution in [0.25, 0.3) is 11.0 Å². The van der Waals surface area contributed by atoms with Crippen LogP contribution in [0.5, 0.6) is 5.75 Å². The zero-order chi connectivity index (χ0) is 33.9. The van der Waals surface area contributed by atoms with Gasteiger partial charge in [0, 0.05) is 49.3 Å². The number of para-hydroxylation sites is 1. The monoisotopic (exact) mass is 679 g/mol. The molecule has 4 aromatic rings. The highest BCUT2D eigenvalue weighted by molar-refractivity contribution is 7.92. The summed E-state index contributed by atoms with van der Waals surface area (Å²) in [5, 5.41) is 19.4. The summed E-state index contributed by atoms with van der Waals surface area (Å²) < 4.78 is 34.4. The van der Waals surface area contributed by atoms with Gasteiger partial charge >= 0.3 is 11.7 Å². The Hall–Kier alpha value is -4.53. The van der Waals surface area contributed by atoms with Crippen LogP contribution in [-0.2, 0) is 10.0 Å². The third kappa shape index (κ3) is 9.75. The number of H-pyrrole nitrogens is 2. The minimum atomic E-state index is -3.81. The standard InChI is InChI=1S/C34H45N7O6S/c1-2-3-4-5-19-35-33(43)37-25-11-15-29(16-12-25)48(45,46)40-26-9-13-27(14-10-26)41-20-17-24(18-21-41)36-22-28(42)23-47-31-8-6-7-30-32(31)39-34(44)38-30/h6-16,24,28,36,40,42H,2-5,17-23H2,1H3,(H2,35,37,43)(H2,38,39,44)/t28-/m0/s1. The Labute approximate surface area is 280 Å². The minimum absolute atomic E-state index is 0.0921. The average Bonchev–Trinajstić information content (AvgIpc) is 3.48. The largest absolute Gasteiger partial charge is 0.489 e. The number of carbonyl (C=O) groups is 1. The number of aromatic amines is 2. The fourth-order valence-corrected chi connectivity index (χ4v) is 6.70. The number of benzene rings is 3. The van der Waals surface area contributed by atoms with Gasteiger partial charge in [0.15, 0.2) is 0 Å². The molecular formula is C34H45N7O6S. The number of piperidine rings is 1. The van der Waals surface area contributed by atoms with Crippen molar-refractivity contribution >= 4 is 44.1 Å². The number of carbonyl (C=O) groups excluding carboxylic acids is 1. The van der Waals surface area contributed by atoms with Crippen molar-refractivity contribution in [3.8, 4) is 5.75 Å². The molecule has 1 saturated heterocycles. The summed E-state index contributed by atoms with van der Waals surface area (Å²) in [6, 6.07) is 18.6. The Morgan fingerprint density at radius 1 is 0.979 bits per heavy atom. The van der Waals surface area contributed by atoms with Crippen LogP contribution in [0.1, 0.15) is 45.4 Å². The number of hydrogen-bond donors (Lipinski definition) is 7. The number of nitrogens with one attached hydrogen (secondary N) is 6. The molecule has 0 unspecified atom stereocenters. The summed E-state index contributed by atoms with van der Waals surface area (Å²) in [7, 11) is -3.81. The van der Waals surface area contributed by atoms with Crippen LogP contribution >= 0.6 is 0 Å². The van der Waals surface area contributed by atoms with E-state index in [4.69, 9.17) is 4.74 Å². The molecule has 1 fully saturated rings. The number of nitrogens with zero attached hydrogens (tertiary/aromatic N) is 1. The van der Waals surface area contributed by atoms with Gasteiger partial charge in [-0.1, -0.05) is 32.3 Å². The predicted octanol–water partition coefficient (Wildman–Crippen LogP) is 4.36. The second-order valence-electron chi connectivity index (χ2n) is 12.0.